The van der Waals surface area contributed by atoms with Crippen molar-refractivity contribution < 1.29 is 4.79 Å². The molecule has 19 heavy (non-hydrogen) atoms. The van der Waals surface area contributed by atoms with Gasteiger partial charge in [-0.2, -0.15) is 5.10 Å². The molecule has 0 saturated carbocycles. The van der Waals surface area contributed by atoms with Crippen LogP contribution in [-0.2, 0) is 4.79 Å². The number of carbonyl (C=O) groups excluding carboxylic acids is 1. The number of para-hydroxylation sites is 1. The van der Waals surface area contributed by atoms with E-state index in [1.54, 1.807) is 0 Å². The first-order chi connectivity index (χ1) is 9.31. The molecule has 0 bridgehead atoms. The number of aromatic nitrogens is 4. The van der Waals surface area contributed by atoms with Crippen molar-refractivity contribution in [2.24, 2.45) is 0 Å². The Morgan fingerprint density at radius 2 is 2.32 bits per heavy atom. The van der Waals surface area contributed by atoms with Crippen LogP contribution in [0.2, 0.25) is 0 Å². The highest BCUT2D eigenvalue weighted by Crippen LogP contribution is 2.25. The van der Waals surface area contributed by atoms with Crippen molar-refractivity contribution in [2.45, 2.75) is 5.16 Å². The van der Waals surface area contributed by atoms with Crippen molar-refractivity contribution in [3.8, 4) is 0 Å². The monoisotopic (exact) mass is 291 g/mol. The molecule has 0 aliphatic rings. The fourth-order valence-electron chi connectivity index (χ4n) is 1.48. The predicted molar refractivity (Wildman–Crippen MR) is 75.4 cm³/mol. The molecule has 0 atom stereocenters. The van der Waals surface area contributed by atoms with Crippen LogP contribution in [-0.4, -0.2) is 31.8 Å². The van der Waals surface area contributed by atoms with Gasteiger partial charge in [0.15, 0.2) is 10.3 Å². The second kappa shape index (κ2) is 5.37. The van der Waals surface area contributed by atoms with Gasteiger partial charge >= 0.3 is 0 Å². The molecule has 0 saturated heterocycles. The number of thioether (sulfide) groups is 1. The Morgan fingerprint density at radius 1 is 1.42 bits per heavy atom. The van der Waals surface area contributed by atoms with Crippen LogP contribution in [0.1, 0.15) is 0 Å². The molecule has 2 N–H and O–H groups in total. The predicted octanol–water partition coefficient (Wildman–Crippen LogP) is 2.15. The molecular weight excluding hydrogens is 282 g/mol. The van der Waals surface area contributed by atoms with E-state index >= 15 is 0 Å². The Balaban J connectivity index is 1.62. The molecule has 0 unspecified atom stereocenters. The number of nitrogens with zero attached hydrogens (tertiary/aromatic N) is 3. The van der Waals surface area contributed by atoms with Crippen LogP contribution < -0.4 is 5.32 Å². The topological polar surface area (TPSA) is 83.6 Å². The van der Waals surface area contributed by atoms with Crippen molar-refractivity contribution in [1.82, 2.24) is 20.2 Å². The molecule has 3 rings (SSSR count). The molecule has 1 aromatic carbocycles. The summed E-state index contributed by atoms with van der Waals surface area (Å²) in [7, 11) is 0. The van der Waals surface area contributed by atoms with Crippen LogP contribution in [0, 0.1) is 0 Å². The van der Waals surface area contributed by atoms with Gasteiger partial charge in [0, 0.05) is 0 Å². The van der Waals surface area contributed by atoms with Crippen LogP contribution in [0.4, 0.5) is 5.13 Å². The zero-order chi connectivity index (χ0) is 13.1. The molecule has 0 aliphatic heterocycles. The lowest BCUT2D eigenvalue weighted by molar-refractivity contribution is -0.113. The Morgan fingerprint density at radius 3 is 3.11 bits per heavy atom. The molecular formula is C11H9N5OS2. The van der Waals surface area contributed by atoms with E-state index in [1.165, 1.54) is 29.4 Å². The average molecular weight is 291 g/mol. The van der Waals surface area contributed by atoms with Crippen LogP contribution in [0.5, 0.6) is 0 Å². The maximum atomic E-state index is 11.8. The molecule has 2 heterocycles. The number of carbonyl (C=O) groups is 1. The van der Waals surface area contributed by atoms with E-state index < -0.39 is 0 Å². The minimum Gasteiger partial charge on any atom is -0.301 e. The Hall–Kier alpha value is -1.93. The molecule has 3 aromatic rings. The summed E-state index contributed by atoms with van der Waals surface area (Å²) in [5.41, 5.74) is 0.894. The minimum atomic E-state index is -0.111. The number of rotatable bonds is 4. The van der Waals surface area contributed by atoms with Gasteiger partial charge in [0.1, 0.15) is 6.33 Å². The number of hydrogen-bond donors (Lipinski definition) is 2. The maximum absolute atomic E-state index is 11.8. The fraction of sp³-hybridized carbons (Fsp3) is 0.0909. The van der Waals surface area contributed by atoms with E-state index in [0.29, 0.717) is 10.3 Å². The minimum absolute atomic E-state index is 0.111. The number of aromatic amines is 1. The summed E-state index contributed by atoms with van der Waals surface area (Å²) in [5, 5.41) is 10.4. The Labute approximate surface area is 116 Å². The lowest BCUT2D eigenvalue weighted by Crippen LogP contribution is -2.13. The quantitative estimate of drug-likeness (QED) is 0.720. The number of hydrogen-bond acceptors (Lipinski definition) is 6. The van der Waals surface area contributed by atoms with Gasteiger partial charge in [0.25, 0.3) is 0 Å². The van der Waals surface area contributed by atoms with Gasteiger partial charge in [-0.3, -0.25) is 9.89 Å². The van der Waals surface area contributed by atoms with Crippen molar-refractivity contribution in [1.29, 1.82) is 0 Å². The number of thiazole rings is 1. The number of benzene rings is 1. The first kappa shape index (κ1) is 12.1. The molecule has 1 amide bonds. The second-order valence-corrected chi connectivity index (χ2v) is 5.61. The molecule has 2 aromatic heterocycles. The Kier molecular flexibility index (Phi) is 3.43. The van der Waals surface area contributed by atoms with E-state index in [2.05, 4.69) is 25.5 Å². The molecule has 96 valence electrons. The summed E-state index contributed by atoms with van der Waals surface area (Å²) in [6.07, 6.45) is 1.41. The van der Waals surface area contributed by atoms with E-state index in [4.69, 9.17) is 0 Å². The third kappa shape index (κ3) is 2.91. The van der Waals surface area contributed by atoms with Gasteiger partial charge in [0.05, 0.1) is 16.0 Å². The summed E-state index contributed by atoms with van der Waals surface area (Å²) in [6, 6.07) is 7.77. The van der Waals surface area contributed by atoms with Crippen LogP contribution >= 0.6 is 23.1 Å². The van der Waals surface area contributed by atoms with Gasteiger partial charge in [-0.15, -0.1) is 0 Å². The summed E-state index contributed by atoms with van der Waals surface area (Å²) in [5.74, 6) is 0.158. The third-order valence-electron chi connectivity index (χ3n) is 2.27. The van der Waals surface area contributed by atoms with Gasteiger partial charge in [0.2, 0.25) is 5.91 Å². The third-order valence-corrected chi connectivity index (χ3v) is 4.10. The van der Waals surface area contributed by atoms with E-state index in [-0.39, 0.29) is 11.7 Å². The molecule has 6 nitrogen and oxygen atoms in total. The largest absolute Gasteiger partial charge is 0.301 e. The first-order valence-corrected chi connectivity index (χ1v) is 7.25. The normalized spacial score (nSPS) is 10.7. The van der Waals surface area contributed by atoms with Crippen LogP contribution in [0.25, 0.3) is 10.2 Å². The zero-order valence-electron chi connectivity index (χ0n) is 9.66. The average Bonchev–Trinajstić information content (AvgIpc) is 3.04. The summed E-state index contributed by atoms with van der Waals surface area (Å²) in [4.78, 5) is 20.0. The van der Waals surface area contributed by atoms with Crippen LogP contribution in [0.15, 0.2) is 35.7 Å². The van der Waals surface area contributed by atoms with Crippen molar-refractivity contribution in [3.05, 3.63) is 30.6 Å². The smallest absolute Gasteiger partial charge is 0.236 e. The molecule has 0 radical (unpaired) electrons. The summed E-state index contributed by atoms with van der Waals surface area (Å²) < 4.78 is 1.06. The van der Waals surface area contributed by atoms with Gasteiger partial charge in [-0.25, -0.2) is 9.97 Å². The molecule has 0 fully saturated rings. The number of amides is 1. The van der Waals surface area contributed by atoms with Crippen molar-refractivity contribution >= 4 is 44.4 Å². The standard InChI is InChI=1S/C11H9N5OS2/c17-9(5-18-10-12-6-13-16-10)15-11-14-7-3-1-2-4-8(7)19-11/h1-4,6H,5H2,(H,12,13,16)(H,14,15,17). The fourth-order valence-corrected chi connectivity index (χ4v) is 2.94. The SMILES string of the molecule is O=C(CSc1ncn[nH]1)Nc1nc2ccccc2s1. The van der Waals surface area contributed by atoms with E-state index in [1.807, 2.05) is 24.3 Å². The number of nitrogens with one attached hydrogen (secondary N) is 2. The van der Waals surface area contributed by atoms with Gasteiger partial charge in [-0.05, 0) is 12.1 Å². The van der Waals surface area contributed by atoms with E-state index in [0.717, 1.165) is 10.2 Å². The number of fused-ring (bicyclic) bond motifs is 1. The van der Waals surface area contributed by atoms with Crippen molar-refractivity contribution in [2.75, 3.05) is 11.1 Å². The molecule has 8 heteroatoms. The maximum Gasteiger partial charge on any atom is 0.236 e. The van der Waals surface area contributed by atoms with Gasteiger partial charge in [-0.1, -0.05) is 35.2 Å². The number of H-pyrrole nitrogens is 1. The van der Waals surface area contributed by atoms with E-state index in [9.17, 15) is 4.79 Å². The Bertz CT molecular complexity index is 661. The first-order valence-electron chi connectivity index (χ1n) is 5.45. The molecule has 0 spiro atoms. The lowest BCUT2D eigenvalue weighted by atomic mass is 10.3. The van der Waals surface area contributed by atoms with Crippen LogP contribution in [0.3, 0.4) is 0 Å². The van der Waals surface area contributed by atoms with Gasteiger partial charge < -0.3 is 5.32 Å². The van der Waals surface area contributed by atoms with Crippen molar-refractivity contribution in [3.63, 3.8) is 0 Å². The summed E-state index contributed by atoms with van der Waals surface area (Å²) >= 11 is 2.76. The highest BCUT2D eigenvalue weighted by atomic mass is 32.2. The second-order valence-electron chi connectivity index (χ2n) is 3.61. The highest BCUT2D eigenvalue weighted by molar-refractivity contribution is 7.99. The lowest BCUT2D eigenvalue weighted by Gasteiger charge is -1.98. The molecule has 0 aliphatic carbocycles. The summed E-state index contributed by atoms with van der Waals surface area (Å²) in [6.45, 7) is 0. The highest BCUT2D eigenvalue weighted by Gasteiger charge is 2.08. The zero-order valence-corrected chi connectivity index (χ0v) is 11.3. The number of anilines is 1.